The molecule has 0 aliphatic carbocycles. The summed E-state index contributed by atoms with van der Waals surface area (Å²) in [5.41, 5.74) is 2.09. The molecule has 1 aromatic rings. The van der Waals surface area contributed by atoms with Crippen molar-refractivity contribution in [1.29, 1.82) is 0 Å². The van der Waals surface area contributed by atoms with Crippen molar-refractivity contribution in [2.24, 2.45) is 5.92 Å². The summed E-state index contributed by atoms with van der Waals surface area (Å²) in [4.78, 5) is 41.8. The lowest BCUT2D eigenvalue weighted by atomic mass is 9.92. The highest BCUT2D eigenvalue weighted by molar-refractivity contribution is 5.92. The zero-order valence-corrected chi connectivity index (χ0v) is 22.9. The van der Waals surface area contributed by atoms with Gasteiger partial charge in [0.05, 0.1) is 0 Å². The van der Waals surface area contributed by atoms with Gasteiger partial charge in [-0.25, -0.2) is 4.79 Å². The van der Waals surface area contributed by atoms with Crippen molar-refractivity contribution in [1.82, 2.24) is 15.5 Å². The number of nitrogens with zero attached hydrogens (tertiary/aromatic N) is 1. The second-order valence-electron chi connectivity index (χ2n) is 10.7. The van der Waals surface area contributed by atoms with Crippen molar-refractivity contribution in [3.63, 3.8) is 0 Å². The highest BCUT2D eigenvalue weighted by atomic mass is 16.6. The number of amides is 3. The van der Waals surface area contributed by atoms with Gasteiger partial charge in [0.15, 0.2) is 0 Å². The van der Waals surface area contributed by atoms with Crippen molar-refractivity contribution in [3.8, 4) is 0 Å². The number of hydrogen-bond acceptors (Lipinski definition) is 4. The van der Waals surface area contributed by atoms with E-state index in [0.29, 0.717) is 6.42 Å². The average molecular weight is 476 g/mol. The molecule has 7 nitrogen and oxygen atoms in total. The summed E-state index contributed by atoms with van der Waals surface area (Å²) in [5.74, 6) is -0.709. The van der Waals surface area contributed by atoms with Crippen LogP contribution < -0.4 is 10.6 Å². The number of aryl methyl sites for hydroxylation is 1. The highest BCUT2D eigenvalue weighted by Gasteiger charge is 2.40. The predicted molar refractivity (Wildman–Crippen MR) is 137 cm³/mol. The molecule has 0 heterocycles. The van der Waals surface area contributed by atoms with Gasteiger partial charge < -0.3 is 20.3 Å². The van der Waals surface area contributed by atoms with Gasteiger partial charge in [0.1, 0.15) is 17.7 Å². The van der Waals surface area contributed by atoms with Crippen LogP contribution in [0, 0.1) is 19.8 Å². The largest absolute Gasteiger partial charge is 0.444 e. The molecular formula is C27H45N3O4. The molecule has 1 rings (SSSR count). The Morgan fingerprint density at radius 2 is 1.59 bits per heavy atom. The number of rotatable bonds is 9. The molecule has 3 amide bonds. The first-order valence-electron chi connectivity index (χ1n) is 12.3. The maximum Gasteiger partial charge on any atom is 0.408 e. The molecule has 0 saturated carbocycles. The third kappa shape index (κ3) is 8.03. The molecule has 0 saturated heterocycles. The molecule has 34 heavy (non-hydrogen) atoms. The smallest absolute Gasteiger partial charge is 0.408 e. The third-order valence-corrected chi connectivity index (χ3v) is 5.86. The standard InChI is InChI=1S/C27H45N3O4/c1-12-18(6)22(29-26(33)34-27(9,10)11)25(32)30(17(4)5)23(24(31)28-16(2)3)21-15-13-14-19(7)20(21)8/h13-18,22-23H,12H2,1-11H3,(H,28,31)(H,29,33). The van der Waals surface area contributed by atoms with Crippen LogP contribution in [0.1, 0.15) is 91.5 Å². The summed E-state index contributed by atoms with van der Waals surface area (Å²) < 4.78 is 5.43. The molecule has 0 bridgehead atoms. The van der Waals surface area contributed by atoms with Crippen molar-refractivity contribution < 1.29 is 19.1 Å². The average Bonchev–Trinajstić information content (AvgIpc) is 2.69. The molecular weight excluding hydrogens is 430 g/mol. The predicted octanol–water partition coefficient (Wildman–Crippen LogP) is 5.05. The topological polar surface area (TPSA) is 87.7 Å². The van der Waals surface area contributed by atoms with E-state index in [4.69, 9.17) is 4.74 Å². The fourth-order valence-corrected chi connectivity index (χ4v) is 3.81. The summed E-state index contributed by atoms with van der Waals surface area (Å²) in [7, 11) is 0. The lowest BCUT2D eigenvalue weighted by Gasteiger charge is -2.39. The van der Waals surface area contributed by atoms with Crippen LogP contribution >= 0.6 is 0 Å². The van der Waals surface area contributed by atoms with E-state index < -0.39 is 23.8 Å². The minimum Gasteiger partial charge on any atom is -0.444 e. The van der Waals surface area contributed by atoms with Gasteiger partial charge in [0, 0.05) is 12.1 Å². The van der Waals surface area contributed by atoms with E-state index in [-0.39, 0.29) is 29.8 Å². The first kappa shape index (κ1) is 29.5. The molecule has 7 heteroatoms. The Morgan fingerprint density at radius 3 is 2.06 bits per heavy atom. The van der Waals surface area contributed by atoms with E-state index in [2.05, 4.69) is 10.6 Å². The molecule has 3 atom stereocenters. The van der Waals surface area contributed by atoms with Crippen LogP contribution in [-0.4, -0.2) is 46.5 Å². The maximum atomic E-state index is 14.1. The van der Waals surface area contributed by atoms with E-state index in [1.807, 2.05) is 73.6 Å². The zero-order chi connectivity index (χ0) is 26.4. The Kier molecular flexibility index (Phi) is 10.6. The lowest BCUT2D eigenvalue weighted by molar-refractivity contribution is -0.145. The van der Waals surface area contributed by atoms with Crippen LogP contribution in [-0.2, 0) is 14.3 Å². The van der Waals surface area contributed by atoms with Gasteiger partial charge in [-0.2, -0.15) is 0 Å². The van der Waals surface area contributed by atoms with Crippen LogP contribution in [0.5, 0.6) is 0 Å². The normalized spacial score (nSPS) is 14.4. The van der Waals surface area contributed by atoms with Gasteiger partial charge >= 0.3 is 6.09 Å². The number of benzene rings is 1. The molecule has 0 aromatic heterocycles. The SMILES string of the molecule is CCC(C)C(NC(=O)OC(C)(C)C)C(=O)N(C(C)C)C(C(=O)NC(C)C)c1cccc(C)c1C. The Hall–Kier alpha value is -2.57. The minimum absolute atomic E-state index is 0.0884. The van der Waals surface area contributed by atoms with Gasteiger partial charge in [-0.05, 0) is 84.9 Å². The summed E-state index contributed by atoms with van der Waals surface area (Å²) in [6.07, 6.45) is 0.0227. The van der Waals surface area contributed by atoms with Crippen LogP contribution in [0.4, 0.5) is 4.79 Å². The highest BCUT2D eigenvalue weighted by Crippen LogP contribution is 2.30. The van der Waals surface area contributed by atoms with Crippen LogP contribution in [0.25, 0.3) is 0 Å². The number of hydrogen-bond donors (Lipinski definition) is 2. The second-order valence-corrected chi connectivity index (χ2v) is 10.7. The number of alkyl carbamates (subject to hydrolysis) is 1. The fraction of sp³-hybridized carbons (Fsp3) is 0.667. The van der Waals surface area contributed by atoms with Crippen molar-refractivity contribution in [2.45, 2.75) is 112 Å². The molecule has 3 unspecified atom stereocenters. The van der Waals surface area contributed by atoms with Gasteiger partial charge in [-0.3, -0.25) is 9.59 Å². The van der Waals surface area contributed by atoms with E-state index in [9.17, 15) is 14.4 Å². The van der Waals surface area contributed by atoms with E-state index in [0.717, 1.165) is 16.7 Å². The summed E-state index contributed by atoms with van der Waals surface area (Å²) in [6, 6.07) is 3.75. The van der Waals surface area contributed by atoms with Gasteiger partial charge in [-0.15, -0.1) is 0 Å². The van der Waals surface area contributed by atoms with Crippen LogP contribution in [0.2, 0.25) is 0 Å². The van der Waals surface area contributed by atoms with E-state index >= 15 is 0 Å². The quantitative estimate of drug-likeness (QED) is 0.523. The molecule has 192 valence electrons. The number of carbonyl (C=O) groups is 3. The summed E-state index contributed by atoms with van der Waals surface area (Å²) in [6.45, 7) is 20.7. The molecule has 0 fully saturated rings. The minimum atomic E-state index is -0.832. The zero-order valence-electron chi connectivity index (χ0n) is 22.9. The molecule has 0 aliphatic heterocycles. The van der Waals surface area contributed by atoms with Gasteiger partial charge in [-0.1, -0.05) is 38.5 Å². The first-order chi connectivity index (χ1) is 15.6. The number of ether oxygens (including phenoxy) is 1. The van der Waals surface area contributed by atoms with E-state index in [1.54, 1.807) is 25.7 Å². The monoisotopic (exact) mass is 475 g/mol. The van der Waals surface area contributed by atoms with Crippen molar-refractivity contribution in [2.75, 3.05) is 0 Å². The third-order valence-electron chi connectivity index (χ3n) is 5.86. The Bertz CT molecular complexity index is 858. The molecule has 0 aliphatic rings. The Balaban J connectivity index is 3.57. The van der Waals surface area contributed by atoms with Gasteiger partial charge in [0.2, 0.25) is 11.8 Å². The molecule has 0 radical (unpaired) electrons. The number of nitrogens with one attached hydrogen (secondary N) is 2. The van der Waals surface area contributed by atoms with Gasteiger partial charge in [0.25, 0.3) is 0 Å². The number of carbonyl (C=O) groups excluding carboxylic acids is 3. The second kappa shape index (κ2) is 12.2. The van der Waals surface area contributed by atoms with Crippen LogP contribution in [0.3, 0.4) is 0 Å². The van der Waals surface area contributed by atoms with Crippen molar-refractivity contribution in [3.05, 3.63) is 34.9 Å². The molecule has 0 spiro atoms. The summed E-state index contributed by atoms with van der Waals surface area (Å²) in [5, 5.41) is 5.77. The Labute approximate surface area is 206 Å². The van der Waals surface area contributed by atoms with Crippen LogP contribution in [0.15, 0.2) is 18.2 Å². The van der Waals surface area contributed by atoms with Crippen molar-refractivity contribution >= 4 is 17.9 Å². The molecule has 2 N–H and O–H groups in total. The summed E-state index contributed by atoms with van der Waals surface area (Å²) >= 11 is 0. The first-order valence-corrected chi connectivity index (χ1v) is 12.3. The fourth-order valence-electron chi connectivity index (χ4n) is 3.81. The Morgan fingerprint density at radius 1 is 1.00 bits per heavy atom. The van der Waals surface area contributed by atoms with E-state index in [1.165, 1.54) is 0 Å². The lowest BCUT2D eigenvalue weighted by Crippen LogP contribution is -2.57. The molecule has 1 aromatic carbocycles. The maximum absolute atomic E-state index is 14.1.